The second-order valence-corrected chi connectivity index (χ2v) is 7.23. The number of esters is 1. The molecule has 2 fully saturated rings. The Bertz CT molecular complexity index is 334. The highest BCUT2D eigenvalue weighted by molar-refractivity contribution is 5.72. The van der Waals surface area contributed by atoms with Gasteiger partial charge in [-0.1, -0.05) is 41.0 Å². The van der Waals surface area contributed by atoms with E-state index in [1.165, 1.54) is 12.8 Å². The third-order valence-electron chi connectivity index (χ3n) is 6.10. The summed E-state index contributed by atoms with van der Waals surface area (Å²) in [6.07, 6.45) is 5.74. The van der Waals surface area contributed by atoms with Gasteiger partial charge in [-0.25, -0.2) is 0 Å². The van der Waals surface area contributed by atoms with Crippen LogP contribution in [-0.4, -0.2) is 12.1 Å². The predicted octanol–water partition coefficient (Wildman–Crippen LogP) is 4.18. The van der Waals surface area contributed by atoms with Gasteiger partial charge in [0.1, 0.15) is 6.10 Å². The average molecular weight is 252 g/mol. The maximum absolute atomic E-state index is 12.1. The Hall–Kier alpha value is -0.530. The van der Waals surface area contributed by atoms with Crippen LogP contribution in [0.3, 0.4) is 0 Å². The third kappa shape index (κ3) is 1.88. The summed E-state index contributed by atoms with van der Waals surface area (Å²) in [5, 5.41) is 0. The molecule has 4 unspecified atom stereocenters. The summed E-state index contributed by atoms with van der Waals surface area (Å²) in [4.78, 5) is 12.1. The minimum Gasteiger partial charge on any atom is -0.462 e. The zero-order valence-electron chi connectivity index (χ0n) is 12.6. The molecule has 2 heteroatoms. The second kappa shape index (κ2) is 4.54. The molecule has 18 heavy (non-hydrogen) atoms. The van der Waals surface area contributed by atoms with Crippen LogP contribution >= 0.6 is 0 Å². The minimum absolute atomic E-state index is 0.0198. The van der Waals surface area contributed by atoms with Crippen molar-refractivity contribution in [2.45, 2.75) is 72.8 Å². The maximum Gasteiger partial charge on any atom is 0.308 e. The Balaban J connectivity index is 2.03. The molecule has 0 aromatic heterocycles. The molecule has 2 rings (SSSR count). The van der Waals surface area contributed by atoms with Crippen molar-refractivity contribution >= 4 is 5.97 Å². The van der Waals surface area contributed by atoms with Gasteiger partial charge >= 0.3 is 5.97 Å². The zero-order chi connectivity index (χ0) is 13.6. The summed E-state index contributed by atoms with van der Waals surface area (Å²) in [5.41, 5.74) is 0.519. The van der Waals surface area contributed by atoms with E-state index >= 15 is 0 Å². The van der Waals surface area contributed by atoms with E-state index < -0.39 is 0 Å². The van der Waals surface area contributed by atoms with Crippen LogP contribution in [0.1, 0.15) is 66.7 Å². The molecular formula is C16H28O2. The molecule has 0 aromatic carbocycles. The normalized spacial score (nSPS) is 38.7. The average Bonchev–Trinajstić information content (AvgIpc) is 2.62. The molecule has 2 saturated carbocycles. The summed E-state index contributed by atoms with van der Waals surface area (Å²) in [6, 6.07) is 0. The lowest BCUT2D eigenvalue weighted by Crippen LogP contribution is -2.39. The van der Waals surface area contributed by atoms with E-state index in [0.29, 0.717) is 5.41 Å². The molecule has 0 heterocycles. The van der Waals surface area contributed by atoms with Gasteiger partial charge in [-0.2, -0.15) is 0 Å². The second-order valence-electron chi connectivity index (χ2n) is 7.23. The molecule has 0 aliphatic heterocycles. The van der Waals surface area contributed by atoms with Crippen molar-refractivity contribution < 1.29 is 9.53 Å². The van der Waals surface area contributed by atoms with Crippen LogP contribution in [0.15, 0.2) is 0 Å². The zero-order valence-corrected chi connectivity index (χ0v) is 12.6. The van der Waals surface area contributed by atoms with Crippen molar-refractivity contribution in [1.82, 2.24) is 0 Å². The highest BCUT2D eigenvalue weighted by Gasteiger charge is 2.62. The molecule has 0 spiro atoms. The van der Waals surface area contributed by atoms with E-state index in [1.807, 2.05) is 6.92 Å². The van der Waals surface area contributed by atoms with Gasteiger partial charge in [0.25, 0.3) is 0 Å². The molecular weight excluding hydrogens is 224 g/mol. The molecule has 0 aromatic rings. The third-order valence-corrected chi connectivity index (χ3v) is 6.10. The Labute approximate surface area is 111 Å². The Kier molecular flexibility index (Phi) is 3.50. The van der Waals surface area contributed by atoms with Crippen LogP contribution in [0.4, 0.5) is 0 Å². The van der Waals surface area contributed by atoms with Gasteiger partial charge < -0.3 is 4.74 Å². The van der Waals surface area contributed by atoms with E-state index in [1.54, 1.807) is 0 Å². The Morgan fingerprint density at radius 1 is 1.39 bits per heavy atom. The van der Waals surface area contributed by atoms with E-state index in [0.717, 1.165) is 25.2 Å². The van der Waals surface area contributed by atoms with Crippen molar-refractivity contribution in [3.8, 4) is 0 Å². The van der Waals surface area contributed by atoms with E-state index in [2.05, 4.69) is 27.7 Å². The quantitative estimate of drug-likeness (QED) is 0.702. The first kappa shape index (κ1) is 13.9. The molecule has 2 aliphatic carbocycles. The first-order valence-corrected chi connectivity index (χ1v) is 7.53. The van der Waals surface area contributed by atoms with Gasteiger partial charge in [-0.15, -0.1) is 0 Å². The van der Waals surface area contributed by atoms with Gasteiger partial charge in [0, 0.05) is 5.41 Å². The van der Waals surface area contributed by atoms with Crippen molar-refractivity contribution in [1.29, 1.82) is 0 Å². The lowest BCUT2D eigenvalue weighted by molar-refractivity contribution is -0.161. The number of hydrogen-bond acceptors (Lipinski definition) is 2. The molecule has 2 bridgehead atoms. The topological polar surface area (TPSA) is 26.3 Å². The van der Waals surface area contributed by atoms with Gasteiger partial charge in [-0.3, -0.25) is 4.79 Å². The monoisotopic (exact) mass is 252 g/mol. The molecule has 2 aliphatic rings. The van der Waals surface area contributed by atoms with Gasteiger partial charge in [0.05, 0.1) is 5.92 Å². The SMILES string of the molecule is CCCC(C)C(=O)OC1CC2CCC1(C)C2(C)C. The molecule has 0 saturated heterocycles. The molecule has 2 nitrogen and oxygen atoms in total. The summed E-state index contributed by atoms with van der Waals surface area (Å²) >= 11 is 0. The van der Waals surface area contributed by atoms with Crippen molar-refractivity contribution in [3.05, 3.63) is 0 Å². The molecule has 0 radical (unpaired) electrons. The number of fused-ring (bicyclic) bond motifs is 2. The largest absolute Gasteiger partial charge is 0.462 e. The minimum atomic E-state index is 0.0198. The lowest BCUT2D eigenvalue weighted by Gasteiger charge is -2.38. The van der Waals surface area contributed by atoms with Crippen LogP contribution < -0.4 is 0 Å². The van der Waals surface area contributed by atoms with Crippen LogP contribution in [0.2, 0.25) is 0 Å². The first-order valence-electron chi connectivity index (χ1n) is 7.53. The highest BCUT2D eigenvalue weighted by atomic mass is 16.5. The number of hydrogen-bond donors (Lipinski definition) is 0. The number of ether oxygens (including phenoxy) is 1. The molecule has 0 N–H and O–H groups in total. The van der Waals surface area contributed by atoms with Crippen molar-refractivity contribution in [2.75, 3.05) is 0 Å². The van der Waals surface area contributed by atoms with Gasteiger partial charge in [-0.05, 0) is 37.0 Å². The van der Waals surface area contributed by atoms with Crippen LogP contribution in [0.25, 0.3) is 0 Å². The summed E-state index contributed by atoms with van der Waals surface area (Å²) in [5.74, 6) is 0.814. The van der Waals surface area contributed by atoms with Gasteiger partial charge in [0.2, 0.25) is 0 Å². The van der Waals surface area contributed by atoms with Crippen LogP contribution in [0, 0.1) is 22.7 Å². The van der Waals surface area contributed by atoms with E-state index in [-0.39, 0.29) is 23.4 Å². The number of carbonyl (C=O) groups excluding carboxylic acids is 1. The Morgan fingerprint density at radius 2 is 2.06 bits per heavy atom. The molecule has 0 amide bonds. The van der Waals surface area contributed by atoms with Gasteiger partial charge in [0.15, 0.2) is 0 Å². The standard InChI is InChI=1S/C16H28O2/c1-6-7-11(2)14(17)18-13-10-12-8-9-16(13,5)15(12,3)4/h11-13H,6-10H2,1-5H3. The van der Waals surface area contributed by atoms with E-state index in [4.69, 9.17) is 4.74 Å². The van der Waals surface area contributed by atoms with Crippen molar-refractivity contribution in [2.24, 2.45) is 22.7 Å². The highest BCUT2D eigenvalue weighted by Crippen LogP contribution is 2.66. The molecule has 4 atom stereocenters. The summed E-state index contributed by atoms with van der Waals surface area (Å²) < 4.78 is 5.86. The van der Waals surface area contributed by atoms with Crippen LogP contribution in [0.5, 0.6) is 0 Å². The Morgan fingerprint density at radius 3 is 2.50 bits per heavy atom. The maximum atomic E-state index is 12.1. The lowest BCUT2D eigenvalue weighted by atomic mass is 9.70. The summed E-state index contributed by atoms with van der Waals surface area (Å²) in [7, 11) is 0. The fraction of sp³-hybridized carbons (Fsp3) is 0.938. The van der Waals surface area contributed by atoms with Crippen LogP contribution in [-0.2, 0) is 9.53 Å². The number of carbonyl (C=O) groups is 1. The molecule has 104 valence electrons. The smallest absolute Gasteiger partial charge is 0.308 e. The van der Waals surface area contributed by atoms with E-state index in [9.17, 15) is 4.79 Å². The first-order chi connectivity index (χ1) is 8.33. The fourth-order valence-electron chi connectivity index (χ4n) is 4.12. The fourth-order valence-corrected chi connectivity index (χ4v) is 4.12. The number of rotatable bonds is 4. The summed E-state index contributed by atoms with van der Waals surface area (Å²) in [6.45, 7) is 11.1. The van der Waals surface area contributed by atoms with Crippen molar-refractivity contribution in [3.63, 3.8) is 0 Å². The predicted molar refractivity (Wildman–Crippen MR) is 73.2 cm³/mol.